The van der Waals surface area contributed by atoms with Gasteiger partial charge in [-0.05, 0) is 25.8 Å². The van der Waals surface area contributed by atoms with Crippen LogP contribution >= 0.6 is 0 Å². The van der Waals surface area contributed by atoms with Gasteiger partial charge >= 0.3 is 0 Å². The summed E-state index contributed by atoms with van der Waals surface area (Å²) in [4.78, 5) is 23.6. The number of ether oxygens (including phenoxy) is 1. The van der Waals surface area contributed by atoms with E-state index < -0.39 is 0 Å². The minimum atomic E-state index is -0.237. The quantitative estimate of drug-likeness (QED) is 0.882. The van der Waals surface area contributed by atoms with E-state index in [1.807, 2.05) is 13.0 Å². The van der Waals surface area contributed by atoms with Crippen LogP contribution in [0.1, 0.15) is 34.6 Å². The Morgan fingerprint density at radius 2 is 2.08 bits per heavy atom. The molecular weight excluding hydrogens is 308 g/mol. The summed E-state index contributed by atoms with van der Waals surface area (Å²) in [7, 11) is 3.24. The molecule has 1 N–H and O–H groups in total. The van der Waals surface area contributed by atoms with Gasteiger partial charge in [-0.15, -0.1) is 5.10 Å². The Morgan fingerprint density at radius 1 is 1.33 bits per heavy atom. The number of hydrogen-bond donors (Lipinski definition) is 1. The molecule has 3 rings (SSSR count). The molecule has 24 heavy (non-hydrogen) atoms. The first-order chi connectivity index (χ1) is 11.6. The highest BCUT2D eigenvalue weighted by Gasteiger charge is 2.18. The molecule has 0 saturated carbocycles. The Hall–Kier alpha value is -2.64. The summed E-state index contributed by atoms with van der Waals surface area (Å²) in [6.07, 6.45) is 3.98. The van der Waals surface area contributed by atoms with Crippen LogP contribution in [0.25, 0.3) is 0 Å². The maximum absolute atomic E-state index is 12.3. The number of amides is 1. The van der Waals surface area contributed by atoms with E-state index in [9.17, 15) is 4.79 Å². The lowest BCUT2D eigenvalue weighted by atomic mass is 10.3. The summed E-state index contributed by atoms with van der Waals surface area (Å²) in [6.45, 7) is 4.25. The zero-order valence-electron chi connectivity index (χ0n) is 14.2. The standard InChI is InChI=1S/C16H22N6O2/c1-11-8-12(19-16(18-11)22-6-4-5-7-22)9-17-14(23)13-10-21(2)20-15(13)24-3/h8,10H,4-7,9H2,1-3H3,(H,17,23). The van der Waals surface area contributed by atoms with Crippen molar-refractivity contribution >= 4 is 11.9 Å². The molecule has 0 aliphatic carbocycles. The number of aromatic nitrogens is 4. The van der Waals surface area contributed by atoms with Gasteiger partial charge < -0.3 is 15.0 Å². The summed E-state index contributed by atoms with van der Waals surface area (Å²) < 4.78 is 6.67. The van der Waals surface area contributed by atoms with Crippen molar-refractivity contribution in [2.75, 3.05) is 25.1 Å². The van der Waals surface area contributed by atoms with Crippen molar-refractivity contribution < 1.29 is 9.53 Å². The number of nitrogens with zero attached hydrogens (tertiary/aromatic N) is 5. The normalized spacial score (nSPS) is 14.0. The van der Waals surface area contributed by atoms with Gasteiger partial charge in [0.1, 0.15) is 5.56 Å². The van der Waals surface area contributed by atoms with Crippen LogP contribution in [0.15, 0.2) is 12.3 Å². The maximum Gasteiger partial charge on any atom is 0.258 e. The highest BCUT2D eigenvalue weighted by Crippen LogP contribution is 2.17. The Morgan fingerprint density at radius 3 is 2.79 bits per heavy atom. The highest BCUT2D eigenvalue weighted by atomic mass is 16.5. The van der Waals surface area contributed by atoms with Gasteiger partial charge in [0.15, 0.2) is 0 Å². The monoisotopic (exact) mass is 330 g/mol. The Balaban J connectivity index is 1.70. The first-order valence-electron chi connectivity index (χ1n) is 8.02. The first-order valence-corrected chi connectivity index (χ1v) is 8.02. The molecule has 1 aliphatic heterocycles. The fourth-order valence-electron chi connectivity index (χ4n) is 2.81. The average molecular weight is 330 g/mol. The Bertz CT molecular complexity index is 736. The third-order valence-corrected chi connectivity index (χ3v) is 3.95. The largest absolute Gasteiger partial charge is 0.479 e. The molecule has 8 nitrogen and oxygen atoms in total. The van der Waals surface area contributed by atoms with Crippen molar-refractivity contribution in [3.63, 3.8) is 0 Å². The lowest BCUT2D eigenvalue weighted by Gasteiger charge is -2.16. The third-order valence-electron chi connectivity index (χ3n) is 3.95. The summed E-state index contributed by atoms with van der Waals surface area (Å²) in [5.41, 5.74) is 2.10. The number of nitrogens with one attached hydrogen (secondary N) is 1. The minimum Gasteiger partial charge on any atom is -0.479 e. The molecular formula is C16H22N6O2. The van der Waals surface area contributed by atoms with Crippen LogP contribution in [-0.4, -0.2) is 45.9 Å². The number of anilines is 1. The van der Waals surface area contributed by atoms with E-state index in [1.54, 1.807) is 17.9 Å². The van der Waals surface area contributed by atoms with Crippen LogP contribution in [-0.2, 0) is 13.6 Å². The molecule has 0 radical (unpaired) electrons. The Kier molecular flexibility index (Phi) is 4.64. The van der Waals surface area contributed by atoms with Gasteiger partial charge in [0.2, 0.25) is 11.8 Å². The SMILES string of the molecule is COc1nn(C)cc1C(=O)NCc1cc(C)nc(N2CCCC2)n1. The average Bonchev–Trinajstić information content (AvgIpc) is 3.21. The molecule has 0 unspecified atom stereocenters. The summed E-state index contributed by atoms with van der Waals surface area (Å²) in [5.74, 6) is 0.821. The molecule has 2 aromatic heterocycles. The third kappa shape index (κ3) is 3.47. The van der Waals surface area contributed by atoms with Crippen molar-refractivity contribution in [2.45, 2.75) is 26.3 Å². The molecule has 1 aliphatic rings. The second kappa shape index (κ2) is 6.86. The minimum absolute atomic E-state index is 0.237. The van der Waals surface area contributed by atoms with Crippen molar-refractivity contribution in [3.05, 3.63) is 29.2 Å². The van der Waals surface area contributed by atoms with Gasteiger partial charge in [0.05, 0.1) is 19.3 Å². The topological polar surface area (TPSA) is 85.2 Å². The van der Waals surface area contributed by atoms with Gasteiger partial charge in [-0.25, -0.2) is 9.97 Å². The maximum atomic E-state index is 12.3. The lowest BCUT2D eigenvalue weighted by Crippen LogP contribution is -2.25. The first kappa shape index (κ1) is 16.2. The van der Waals surface area contributed by atoms with E-state index in [0.717, 1.165) is 30.4 Å². The van der Waals surface area contributed by atoms with E-state index in [-0.39, 0.29) is 5.91 Å². The highest BCUT2D eigenvalue weighted by molar-refractivity contribution is 5.96. The van der Waals surface area contributed by atoms with Crippen LogP contribution in [0.4, 0.5) is 5.95 Å². The number of rotatable bonds is 5. The molecule has 128 valence electrons. The molecule has 1 fully saturated rings. The number of carbonyl (C=O) groups is 1. The van der Waals surface area contributed by atoms with Crippen molar-refractivity contribution in [1.82, 2.24) is 25.1 Å². The molecule has 0 atom stereocenters. The van der Waals surface area contributed by atoms with Gasteiger partial charge in [-0.3, -0.25) is 9.48 Å². The zero-order valence-corrected chi connectivity index (χ0v) is 14.2. The molecule has 0 aromatic carbocycles. The predicted octanol–water partition coefficient (Wildman–Crippen LogP) is 1.06. The van der Waals surface area contributed by atoms with Crippen molar-refractivity contribution in [1.29, 1.82) is 0 Å². The number of aryl methyl sites for hydroxylation is 2. The molecule has 2 aromatic rings. The Labute approximate surface area is 140 Å². The second-order valence-electron chi connectivity index (χ2n) is 5.90. The summed E-state index contributed by atoms with van der Waals surface area (Å²) in [6, 6.07) is 1.89. The van der Waals surface area contributed by atoms with Crippen LogP contribution in [0.5, 0.6) is 5.88 Å². The smallest absolute Gasteiger partial charge is 0.258 e. The molecule has 8 heteroatoms. The van der Waals surface area contributed by atoms with Gasteiger partial charge in [-0.2, -0.15) is 0 Å². The zero-order chi connectivity index (χ0) is 17.1. The van der Waals surface area contributed by atoms with E-state index in [2.05, 4.69) is 25.3 Å². The summed E-state index contributed by atoms with van der Waals surface area (Å²) in [5, 5.41) is 6.95. The van der Waals surface area contributed by atoms with E-state index in [1.165, 1.54) is 20.0 Å². The van der Waals surface area contributed by atoms with E-state index in [0.29, 0.717) is 18.0 Å². The molecule has 1 saturated heterocycles. The fourth-order valence-corrected chi connectivity index (χ4v) is 2.81. The number of hydrogen-bond acceptors (Lipinski definition) is 6. The molecule has 0 spiro atoms. The van der Waals surface area contributed by atoms with Crippen molar-refractivity contribution in [2.24, 2.45) is 7.05 Å². The van der Waals surface area contributed by atoms with E-state index in [4.69, 9.17) is 4.74 Å². The fraction of sp³-hybridized carbons (Fsp3) is 0.500. The second-order valence-corrected chi connectivity index (χ2v) is 5.90. The predicted molar refractivity (Wildman–Crippen MR) is 89.1 cm³/mol. The van der Waals surface area contributed by atoms with Gasteiger partial charge in [-0.1, -0.05) is 0 Å². The van der Waals surface area contributed by atoms with E-state index >= 15 is 0 Å². The van der Waals surface area contributed by atoms with Crippen LogP contribution < -0.4 is 15.0 Å². The van der Waals surface area contributed by atoms with Crippen LogP contribution in [0.2, 0.25) is 0 Å². The molecule has 1 amide bonds. The van der Waals surface area contributed by atoms with Crippen LogP contribution in [0.3, 0.4) is 0 Å². The number of methoxy groups -OCH3 is 1. The molecule has 3 heterocycles. The van der Waals surface area contributed by atoms with Crippen LogP contribution in [0, 0.1) is 6.92 Å². The number of carbonyl (C=O) groups excluding carboxylic acids is 1. The lowest BCUT2D eigenvalue weighted by molar-refractivity contribution is 0.0947. The van der Waals surface area contributed by atoms with Crippen molar-refractivity contribution in [3.8, 4) is 5.88 Å². The van der Waals surface area contributed by atoms with Gasteiger partial charge in [0.25, 0.3) is 5.91 Å². The molecule has 0 bridgehead atoms. The summed E-state index contributed by atoms with van der Waals surface area (Å²) >= 11 is 0. The van der Waals surface area contributed by atoms with Gasteiger partial charge in [0, 0.05) is 32.0 Å².